The molecule has 1 N–H and O–H groups in total. The fourth-order valence-corrected chi connectivity index (χ4v) is 2.82. The van der Waals surface area contributed by atoms with Crippen LogP contribution in [0.3, 0.4) is 0 Å². The van der Waals surface area contributed by atoms with Crippen molar-refractivity contribution in [1.29, 1.82) is 0 Å². The van der Waals surface area contributed by atoms with Gasteiger partial charge in [-0.2, -0.15) is 0 Å². The molecule has 1 amide bonds. The Morgan fingerprint density at radius 2 is 2.20 bits per heavy atom. The van der Waals surface area contributed by atoms with E-state index < -0.39 is 12.2 Å². The normalized spacial score (nSPS) is 17.2. The van der Waals surface area contributed by atoms with Crippen molar-refractivity contribution in [2.75, 3.05) is 6.61 Å². The number of rotatable bonds is 5. The number of carbonyl (C=O) groups excluding carboxylic acids is 1. The molecule has 0 aliphatic carbocycles. The maximum absolute atomic E-state index is 12.6. The molecule has 0 spiro atoms. The van der Waals surface area contributed by atoms with Crippen molar-refractivity contribution in [3.8, 4) is 0 Å². The van der Waals surface area contributed by atoms with Gasteiger partial charge in [0.05, 0.1) is 6.54 Å². The van der Waals surface area contributed by atoms with E-state index in [2.05, 4.69) is 5.48 Å². The lowest BCUT2D eigenvalue weighted by Crippen LogP contribution is -2.37. The number of aromatic nitrogens is 1. The minimum absolute atomic E-state index is 0.0472. The third-order valence-electron chi connectivity index (χ3n) is 4.12. The molecule has 0 radical (unpaired) electrons. The number of nitrogens with zero attached hydrogens (tertiary/aromatic N) is 1. The third kappa shape index (κ3) is 4.55. The zero-order valence-electron chi connectivity index (χ0n) is 14.2. The molecule has 1 fully saturated rings. The van der Waals surface area contributed by atoms with Crippen molar-refractivity contribution < 1.29 is 14.4 Å². The molecular formula is C19H22N2O4. The number of amides is 1. The number of benzene rings is 1. The zero-order valence-corrected chi connectivity index (χ0v) is 14.2. The van der Waals surface area contributed by atoms with Crippen LogP contribution in [0.15, 0.2) is 47.4 Å². The van der Waals surface area contributed by atoms with E-state index in [-0.39, 0.29) is 11.1 Å². The molecule has 2 aromatic rings. The van der Waals surface area contributed by atoms with E-state index in [0.29, 0.717) is 13.2 Å². The summed E-state index contributed by atoms with van der Waals surface area (Å²) in [6.45, 7) is 3.03. The van der Waals surface area contributed by atoms with Crippen LogP contribution in [0.5, 0.6) is 0 Å². The maximum Gasteiger partial charge on any atom is 0.280 e. The lowest BCUT2D eigenvalue weighted by Gasteiger charge is -2.22. The van der Waals surface area contributed by atoms with Crippen LogP contribution in [0.4, 0.5) is 0 Å². The Morgan fingerprint density at radius 3 is 2.96 bits per heavy atom. The topological polar surface area (TPSA) is 69.6 Å². The highest BCUT2D eigenvalue weighted by molar-refractivity contribution is 5.93. The second-order valence-corrected chi connectivity index (χ2v) is 6.19. The standard InChI is InChI=1S/C19H22N2O4/c1-14-6-4-7-15(12-14)13-21-10-5-8-16(19(21)23)18(22)20-25-17-9-2-3-11-24-17/h4-8,10,12,17H,2-3,9,11,13H2,1H3,(H,20,22)/t17-/m0/s1. The number of hydrogen-bond acceptors (Lipinski definition) is 4. The molecule has 132 valence electrons. The monoisotopic (exact) mass is 342 g/mol. The first-order valence-corrected chi connectivity index (χ1v) is 8.46. The second kappa shape index (κ2) is 8.09. The summed E-state index contributed by atoms with van der Waals surface area (Å²) in [6, 6.07) is 11.1. The Labute approximate surface area is 146 Å². The molecule has 0 unspecified atom stereocenters. The highest BCUT2D eigenvalue weighted by atomic mass is 16.8. The molecule has 1 atom stereocenters. The molecule has 1 aliphatic rings. The Bertz CT molecular complexity index is 794. The molecule has 1 aromatic carbocycles. The summed E-state index contributed by atoms with van der Waals surface area (Å²) in [5.74, 6) is -0.558. The van der Waals surface area contributed by atoms with Gasteiger partial charge in [0.25, 0.3) is 11.5 Å². The summed E-state index contributed by atoms with van der Waals surface area (Å²) in [6.07, 6.45) is 3.95. The van der Waals surface area contributed by atoms with Crippen LogP contribution in [0, 0.1) is 6.92 Å². The Hall–Kier alpha value is -2.44. The van der Waals surface area contributed by atoms with E-state index in [4.69, 9.17) is 9.57 Å². The quantitative estimate of drug-likeness (QED) is 0.847. The predicted molar refractivity (Wildman–Crippen MR) is 93.1 cm³/mol. The molecule has 1 aliphatic heterocycles. The summed E-state index contributed by atoms with van der Waals surface area (Å²) in [4.78, 5) is 30.1. The first-order valence-electron chi connectivity index (χ1n) is 8.46. The van der Waals surface area contributed by atoms with Gasteiger partial charge in [-0.3, -0.25) is 9.59 Å². The van der Waals surface area contributed by atoms with Crippen molar-refractivity contribution in [2.24, 2.45) is 0 Å². The van der Waals surface area contributed by atoms with Crippen LogP contribution in [0.2, 0.25) is 0 Å². The fraction of sp³-hybridized carbons (Fsp3) is 0.368. The molecule has 3 rings (SSSR count). The Balaban J connectivity index is 1.69. The fourth-order valence-electron chi connectivity index (χ4n) is 2.82. The Morgan fingerprint density at radius 1 is 1.32 bits per heavy atom. The molecule has 25 heavy (non-hydrogen) atoms. The van der Waals surface area contributed by atoms with Crippen LogP contribution in [0.1, 0.15) is 40.7 Å². The van der Waals surface area contributed by atoms with E-state index in [1.54, 1.807) is 12.3 Å². The lowest BCUT2D eigenvalue weighted by molar-refractivity contribution is -0.186. The van der Waals surface area contributed by atoms with Crippen molar-refractivity contribution in [3.63, 3.8) is 0 Å². The minimum Gasteiger partial charge on any atom is -0.350 e. The van der Waals surface area contributed by atoms with Gasteiger partial charge in [-0.15, -0.1) is 0 Å². The van der Waals surface area contributed by atoms with Crippen LogP contribution < -0.4 is 11.0 Å². The van der Waals surface area contributed by atoms with Crippen molar-refractivity contribution in [2.45, 2.75) is 39.0 Å². The van der Waals surface area contributed by atoms with E-state index in [1.807, 2.05) is 31.2 Å². The summed E-state index contributed by atoms with van der Waals surface area (Å²) >= 11 is 0. The average molecular weight is 342 g/mol. The lowest BCUT2D eigenvalue weighted by atomic mass is 10.1. The van der Waals surface area contributed by atoms with Gasteiger partial charge >= 0.3 is 0 Å². The number of nitrogens with one attached hydrogen (secondary N) is 1. The predicted octanol–water partition coefficient (Wildman–Crippen LogP) is 2.39. The smallest absolute Gasteiger partial charge is 0.280 e. The van der Waals surface area contributed by atoms with Crippen LogP contribution >= 0.6 is 0 Å². The zero-order chi connectivity index (χ0) is 17.6. The summed E-state index contributed by atoms with van der Waals surface area (Å²) in [7, 11) is 0. The van der Waals surface area contributed by atoms with Gasteiger partial charge in [-0.1, -0.05) is 29.8 Å². The number of aryl methyl sites for hydroxylation is 1. The molecule has 6 heteroatoms. The van der Waals surface area contributed by atoms with Gasteiger partial charge in [0.2, 0.25) is 0 Å². The van der Waals surface area contributed by atoms with Gasteiger partial charge in [0.1, 0.15) is 5.56 Å². The molecule has 0 saturated carbocycles. The number of hydroxylamine groups is 1. The molecule has 1 aromatic heterocycles. The summed E-state index contributed by atoms with van der Waals surface area (Å²) in [5.41, 5.74) is 4.16. The number of hydrogen-bond donors (Lipinski definition) is 1. The number of ether oxygens (including phenoxy) is 1. The second-order valence-electron chi connectivity index (χ2n) is 6.19. The van der Waals surface area contributed by atoms with Gasteiger partial charge < -0.3 is 9.30 Å². The SMILES string of the molecule is Cc1cccc(Cn2cccc(C(=O)NO[C@H]3CCCCO3)c2=O)c1. The van der Waals surface area contributed by atoms with E-state index in [1.165, 1.54) is 10.6 Å². The molecule has 0 bridgehead atoms. The molecule has 2 heterocycles. The van der Waals surface area contributed by atoms with Crippen LogP contribution in [0.25, 0.3) is 0 Å². The van der Waals surface area contributed by atoms with Gasteiger partial charge in [0.15, 0.2) is 6.29 Å². The first kappa shape index (κ1) is 17.4. The molecular weight excluding hydrogens is 320 g/mol. The highest BCUT2D eigenvalue weighted by Gasteiger charge is 2.18. The third-order valence-corrected chi connectivity index (χ3v) is 4.12. The number of carbonyl (C=O) groups is 1. The van der Waals surface area contributed by atoms with Crippen molar-refractivity contribution in [3.05, 3.63) is 69.6 Å². The Kier molecular flexibility index (Phi) is 5.63. The highest BCUT2D eigenvalue weighted by Crippen LogP contribution is 2.12. The average Bonchev–Trinajstić information content (AvgIpc) is 2.62. The van der Waals surface area contributed by atoms with E-state index in [0.717, 1.165) is 30.4 Å². The molecule has 1 saturated heterocycles. The maximum atomic E-state index is 12.6. The van der Waals surface area contributed by atoms with Crippen LogP contribution in [-0.4, -0.2) is 23.4 Å². The van der Waals surface area contributed by atoms with Gasteiger partial charge in [-0.25, -0.2) is 10.3 Å². The van der Waals surface area contributed by atoms with E-state index >= 15 is 0 Å². The van der Waals surface area contributed by atoms with Gasteiger partial charge in [0, 0.05) is 19.2 Å². The van der Waals surface area contributed by atoms with Crippen LogP contribution in [-0.2, 0) is 16.1 Å². The summed E-state index contributed by atoms with van der Waals surface area (Å²) < 4.78 is 6.90. The van der Waals surface area contributed by atoms with Crippen molar-refractivity contribution >= 4 is 5.91 Å². The molecule has 6 nitrogen and oxygen atoms in total. The van der Waals surface area contributed by atoms with Crippen molar-refractivity contribution in [1.82, 2.24) is 10.0 Å². The first-order chi connectivity index (χ1) is 12.1. The number of pyridine rings is 1. The van der Waals surface area contributed by atoms with Gasteiger partial charge in [-0.05, 0) is 37.5 Å². The minimum atomic E-state index is -0.558. The van der Waals surface area contributed by atoms with E-state index in [9.17, 15) is 9.59 Å². The summed E-state index contributed by atoms with van der Waals surface area (Å²) in [5, 5.41) is 0. The largest absolute Gasteiger partial charge is 0.350 e.